The van der Waals surface area contributed by atoms with Crippen molar-refractivity contribution in [1.82, 2.24) is 10.2 Å². The van der Waals surface area contributed by atoms with Crippen LogP contribution in [0.3, 0.4) is 0 Å². The topological polar surface area (TPSA) is 66.5 Å². The average Bonchev–Trinajstić information content (AvgIpc) is 2.91. The first-order valence-electron chi connectivity index (χ1n) is 7.99. The molecule has 0 aromatic heterocycles. The molecule has 1 saturated heterocycles. The molecule has 1 N–H and O–H groups in total. The summed E-state index contributed by atoms with van der Waals surface area (Å²) in [6, 6.07) is 11.6. The molecule has 0 bridgehead atoms. The predicted molar refractivity (Wildman–Crippen MR) is 97.8 cm³/mol. The molecule has 27 heavy (non-hydrogen) atoms. The lowest BCUT2D eigenvalue weighted by Crippen LogP contribution is -2.37. The molecule has 0 aliphatic carbocycles. The fourth-order valence-corrected chi connectivity index (χ4v) is 3.31. The molecule has 1 fully saturated rings. The van der Waals surface area contributed by atoms with Crippen LogP contribution in [0.4, 0.5) is 13.6 Å². The van der Waals surface area contributed by atoms with Gasteiger partial charge in [-0.1, -0.05) is 30.3 Å². The molecular weight excluding hydrogens is 374 g/mol. The Bertz CT molecular complexity index is 932. The van der Waals surface area contributed by atoms with Gasteiger partial charge in [0.2, 0.25) is 0 Å². The summed E-state index contributed by atoms with van der Waals surface area (Å²) in [4.78, 5) is 37.6. The second-order valence-electron chi connectivity index (χ2n) is 5.62. The summed E-state index contributed by atoms with van der Waals surface area (Å²) in [7, 11) is 0. The van der Waals surface area contributed by atoms with E-state index in [0.717, 1.165) is 40.4 Å². The monoisotopic (exact) mass is 388 g/mol. The lowest BCUT2D eigenvalue weighted by atomic mass is 10.2. The van der Waals surface area contributed by atoms with Crippen molar-refractivity contribution in [2.45, 2.75) is 0 Å². The molecule has 3 rings (SSSR count). The maximum Gasteiger partial charge on any atom is 0.293 e. The van der Waals surface area contributed by atoms with E-state index >= 15 is 0 Å². The molecular formula is C19H14F2N2O3S. The van der Waals surface area contributed by atoms with Crippen LogP contribution in [0.2, 0.25) is 0 Å². The zero-order valence-corrected chi connectivity index (χ0v) is 14.8. The molecule has 1 aliphatic rings. The molecule has 5 nitrogen and oxygen atoms in total. The van der Waals surface area contributed by atoms with Gasteiger partial charge in [-0.2, -0.15) is 0 Å². The van der Waals surface area contributed by atoms with Crippen LogP contribution >= 0.6 is 11.8 Å². The molecule has 0 unspecified atom stereocenters. The Morgan fingerprint density at radius 2 is 1.85 bits per heavy atom. The average molecular weight is 388 g/mol. The van der Waals surface area contributed by atoms with Crippen LogP contribution in [-0.2, 0) is 4.79 Å². The Morgan fingerprint density at radius 1 is 1.11 bits per heavy atom. The number of thioether (sulfide) groups is 1. The smallest absolute Gasteiger partial charge is 0.293 e. The first kappa shape index (κ1) is 18.8. The maximum atomic E-state index is 13.6. The summed E-state index contributed by atoms with van der Waals surface area (Å²) in [5, 5.41) is 1.93. The van der Waals surface area contributed by atoms with E-state index in [1.165, 1.54) is 0 Å². The fourth-order valence-electron chi connectivity index (χ4n) is 2.44. The van der Waals surface area contributed by atoms with Crippen molar-refractivity contribution in [3.8, 4) is 0 Å². The number of hydrogen-bond donors (Lipinski definition) is 1. The van der Waals surface area contributed by atoms with Gasteiger partial charge in [0.05, 0.1) is 10.5 Å². The maximum absolute atomic E-state index is 13.6. The Morgan fingerprint density at radius 3 is 2.59 bits per heavy atom. The lowest BCUT2D eigenvalue weighted by molar-refractivity contribution is -0.122. The van der Waals surface area contributed by atoms with Gasteiger partial charge >= 0.3 is 0 Å². The van der Waals surface area contributed by atoms with Gasteiger partial charge in [-0.15, -0.1) is 0 Å². The SMILES string of the molecule is O=C(NCCN1C(=O)S/C(=C\c2ccccc2)C1=O)c1cc(F)ccc1F. The van der Waals surface area contributed by atoms with E-state index in [2.05, 4.69) is 5.32 Å². The molecule has 0 spiro atoms. The second-order valence-corrected chi connectivity index (χ2v) is 6.62. The highest BCUT2D eigenvalue weighted by molar-refractivity contribution is 8.18. The molecule has 0 atom stereocenters. The highest BCUT2D eigenvalue weighted by atomic mass is 32.2. The first-order valence-corrected chi connectivity index (χ1v) is 8.81. The highest BCUT2D eigenvalue weighted by Crippen LogP contribution is 2.31. The number of halogens is 2. The molecule has 0 saturated carbocycles. The number of carbonyl (C=O) groups is 3. The molecule has 138 valence electrons. The fraction of sp³-hybridized carbons (Fsp3) is 0.105. The quantitative estimate of drug-likeness (QED) is 0.797. The third kappa shape index (κ3) is 4.40. The molecule has 3 amide bonds. The van der Waals surface area contributed by atoms with Crippen molar-refractivity contribution in [3.05, 3.63) is 76.2 Å². The highest BCUT2D eigenvalue weighted by Gasteiger charge is 2.34. The molecule has 1 aliphatic heterocycles. The standard InChI is InChI=1S/C19H14F2N2O3S/c20-13-6-7-15(21)14(11-13)17(24)22-8-9-23-18(25)16(27-19(23)26)10-12-4-2-1-3-5-12/h1-7,10-11H,8-9H2,(H,22,24)/b16-10-. The van der Waals surface area contributed by atoms with E-state index in [9.17, 15) is 23.2 Å². The van der Waals surface area contributed by atoms with E-state index in [0.29, 0.717) is 0 Å². The number of imide groups is 1. The van der Waals surface area contributed by atoms with E-state index in [-0.39, 0.29) is 18.0 Å². The summed E-state index contributed by atoms with van der Waals surface area (Å²) < 4.78 is 26.7. The van der Waals surface area contributed by atoms with Crippen LogP contribution in [0, 0.1) is 11.6 Å². The molecule has 0 radical (unpaired) electrons. The van der Waals surface area contributed by atoms with Crippen LogP contribution in [0.25, 0.3) is 6.08 Å². The number of nitrogens with one attached hydrogen (secondary N) is 1. The molecule has 1 heterocycles. The van der Waals surface area contributed by atoms with Crippen LogP contribution in [0.5, 0.6) is 0 Å². The van der Waals surface area contributed by atoms with Crippen LogP contribution in [0.1, 0.15) is 15.9 Å². The minimum Gasteiger partial charge on any atom is -0.350 e. The summed E-state index contributed by atoms with van der Waals surface area (Å²) in [6.45, 7) is -0.148. The first-order chi connectivity index (χ1) is 13.0. The zero-order valence-electron chi connectivity index (χ0n) is 13.9. The Kier molecular flexibility index (Phi) is 5.66. The van der Waals surface area contributed by atoms with Gasteiger partial charge < -0.3 is 5.32 Å². The summed E-state index contributed by atoms with van der Waals surface area (Å²) in [5.41, 5.74) is 0.353. The van der Waals surface area contributed by atoms with E-state index < -0.39 is 34.3 Å². The minimum absolute atomic E-state index is 0.0700. The van der Waals surface area contributed by atoms with Crippen molar-refractivity contribution >= 4 is 34.9 Å². The number of benzene rings is 2. The van der Waals surface area contributed by atoms with Crippen LogP contribution < -0.4 is 5.32 Å². The van der Waals surface area contributed by atoms with Crippen molar-refractivity contribution in [3.63, 3.8) is 0 Å². The summed E-state index contributed by atoms with van der Waals surface area (Å²) in [6.07, 6.45) is 1.62. The Labute approximate surface area is 158 Å². The Balaban J connectivity index is 1.60. The number of rotatable bonds is 5. The van der Waals surface area contributed by atoms with Gasteiger partial charge in [0.15, 0.2) is 0 Å². The van der Waals surface area contributed by atoms with Crippen molar-refractivity contribution in [2.75, 3.05) is 13.1 Å². The van der Waals surface area contributed by atoms with Crippen LogP contribution in [0.15, 0.2) is 53.4 Å². The van der Waals surface area contributed by atoms with Gasteiger partial charge in [-0.25, -0.2) is 8.78 Å². The van der Waals surface area contributed by atoms with Crippen LogP contribution in [-0.4, -0.2) is 35.0 Å². The summed E-state index contributed by atoms with van der Waals surface area (Å²) in [5.74, 6) is -2.87. The van der Waals surface area contributed by atoms with Gasteiger partial charge in [-0.05, 0) is 41.6 Å². The third-order valence-electron chi connectivity index (χ3n) is 3.76. The third-order valence-corrected chi connectivity index (χ3v) is 4.67. The second kappa shape index (κ2) is 8.13. The number of carbonyl (C=O) groups excluding carboxylic acids is 3. The largest absolute Gasteiger partial charge is 0.350 e. The van der Waals surface area contributed by atoms with Gasteiger partial charge in [-0.3, -0.25) is 19.3 Å². The van der Waals surface area contributed by atoms with E-state index in [1.807, 2.05) is 30.3 Å². The van der Waals surface area contributed by atoms with Crippen molar-refractivity contribution in [2.24, 2.45) is 0 Å². The van der Waals surface area contributed by atoms with Gasteiger partial charge in [0, 0.05) is 13.1 Å². The normalized spacial score (nSPS) is 15.5. The molecule has 2 aromatic carbocycles. The van der Waals surface area contributed by atoms with E-state index in [1.54, 1.807) is 6.08 Å². The van der Waals surface area contributed by atoms with Crippen molar-refractivity contribution < 1.29 is 23.2 Å². The minimum atomic E-state index is -0.856. The van der Waals surface area contributed by atoms with Gasteiger partial charge in [0.25, 0.3) is 17.1 Å². The lowest BCUT2D eigenvalue weighted by Gasteiger charge is -2.13. The number of nitrogens with zero attached hydrogens (tertiary/aromatic N) is 1. The molecule has 2 aromatic rings. The molecule has 8 heteroatoms. The summed E-state index contributed by atoms with van der Waals surface area (Å²) >= 11 is 0.812. The number of amides is 3. The predicted octanol–water partition coefficient (Wildman–Crippen LogP) is 3.43. The number of hydrogen-bond acceptors (Lipinski definition) is 4. The van der Waals surface area contributed by atoms with Gasteiger partial charge in [0.1, 0.15) is 11.6 Å². The Hall–Kier alpha value is -3.00. The van der Waals surface area contributed by atoms with E-state index in [4.69, 9.17) is 0 Å². The zero-order chi connectivity index (χ0) is 19.4. The van der Waals surface area contributed by atoms with Crippen molar-refractivity contribution in [1.29, 1.82) is 0 Å².